The van der Waals surface area contributed by atoms with Crippen molar-refractivity contribution in [3.8, 4) is 0 Å². The third kappa shape index (κ3) is 12.9. The quantitative estimate of drug-likeness (QED) is 0.0571. The first kappa shape index (κ1) is 55.0. The normalized spacial score (nSPS) is 24.4. The molecule has 7 aromatic rings. The molecule has 3 heterocycles. The van der Waals surface area contributed by atoms with Gasteiger partial charge in [-0.1, -0.05) is 233 Å². The summed E-state index contributed by atoms with van der Waals surface area (Å²) >= 11 is 0. The Labute approximate surface area is 460 Å². The summed E-state index contributed by atoms with van der Waals surface area (Å²) in [5.74, 6) is 0. The molecule has 1 amide bonds. The molecule has 0 saturated carbocycles. The molecule has 406 valence electrons. The van der Waals surface area contributed by atoms with Gasteiger partial charge >= 0.3 is 6.09 Å². The maximum absolute atomic E-state index is 14.5. The van der Waals surface area contributed by atoms with Crippen molar-refractivity contribution in [2.24, 2.45) is 0 Å². The molecule has 3 saturated heterocycles. The van der Waals surface area contributed by atoms with E-state index in [1.165, 1.54) is 0 Å². The summed E-state index contributed by atoms with van der Waals surface area (Å²) in [7, 11) is -1.53. The average molecular weight is 1070 g/mol. The fraction of sp³-hybridized carbons (Fsp3) is 0.338. The van der Waals surface area contributed by atoms with Gasteiger partial charge in [-0.05, 0) is 43.2 Å². The molecular formula is C65H71NO11Si. The third-order valence-electron chi connectivity index (χ3n) is 14.9. The summed E-state index contributed by atoms with van der Waals surface area (Å²) in [4.78, 5) is 16.2. The van der Waals surface area contributed by atoms with Crippen molar-refractivity contribution in [2.45, 2.75) is 120 Å². The van der Waals surface area contributed by atoms with E-state index in [4.69, 9.17) is 47.1 Å². The van der Waals surface area contributed by atoms with Crippen molar-refractivity contribution in [1.29, 1.82) is 0 Å². The summed E-state index contributed by atoms with van der Waals surface area (Å²) in [5, 5.41) is 1.89. The predicted molar refractivity (Wildman–Crippen MR) is 300 cm³/mol. The Hall–Kier alpha value is -6.33. The van der Waals surface area contributed by atoms with Crippen molar-refractivity contribution in [2.75, 3.05) is 20.3 Å². The van der Waals surface area contributed by atoms with E-state index in [1.807, 2.05) is 164 Å². The van der Waals surface area contributed by atoms with Crippen molar-refractivity contribution < 1.29 is 51.9 Å². The third-order valence-corrected chi connectivity index (χ3v) is 19.9. The number of carbonyl (C=O) groups is 1. The Morgan fingerprint density at radius 3 is 1.28 bits per heavy atom. The lowest BCUT2D eigenvalue weighted by atomic mass is 9.95. The number of fused-ring (bicyclic) bond motifs is 1. The molecule has 3 aliphatic heterocycles. The second-order valence-electron chi connectivity index (χ2n) is 21.1. The van der Waals surface area contributed by atoms with Gasteiger partial charge < -0.3 is 47.1 Å². The van der Waals surface area contributed by atoms with Crippen LogP contribution in [0.5, 0.6) is 0 Å². The minimum atomic E-state index is -3.13. The second-order valence-corrected chi connectivity index (χ2v) is 25.4. The SMILES string of the molecule is CO[C@H]1O[C@H](CO[C@H]2O[C@H](CO[Si](c3ccccc3)(c3ccccc3)C(C)(C)C)[C@@H](OCc3ccccc3)[C@@H]3OC(=O)N(Cc4ccccc4)[C@@H]23)[C@@H](OCc2ccccc2)[C@H](OCc2ccccc2)[C@H]1OCc1ccccc1. The van der Waals surface area contributed by atoms with Gasteiger partial charge in [-0.2, -0.15) is 0 Å². The summed E-state index contributed by atoms with van der Waals surface area (Å²) in [6, 6.07) is 70.1. The van der Waals surface area contributed by atoms with Gasteiger partial charge in [0.15, 0.2) is 18.7 Å². The van der Waals surface area contributed by atoms with E-state index >= 15 is 0 Å². The largest absolute Gasteiger partial charge is 0.441 e. The van der Waals surface area contributed by atoms with Gasteiger partial charge in [0, 0.05) is 13.7 Å². The van der Waals surface area contributed by atoms with Crippen LogP contribution < -0.4 is 10.4 Å². The van der Waals surface area contributed by atoms with Crippen LogP contribution in [0.4, 0.5) is 4.79 Å². The molecule has 0 bridgehead atoms. The molecule has 0 radical (unpaired) electrons. The molecule has 7 aromatic carbocycles. The highest BCUT2D eigenvalue weighted by Gasteiger charge is 2.59. The van der Waals surface area contributed by atoms with Crippen LogP contribution in [0, 0.1) is 0 Å². The zero-order valence-corrected chi connectivity index (χ0v) is 45.9. The lowest BCUT2D eigenvalue weighted by Gasteiger charge is -2.48. The van der Waals surface area contributed by atoms with Crippen molar-refractivity contribution >= 4 is 24.8 Å². The summed E-state index contributed by atoms with van der Waals surface area (Å²) in [6.45, 7) is 8.04. The Kier molecular flexibility index (Phi) is 18.4. The van der Waals surface area contributed by atoms with Gasteiger partial charge in [-0.3, -0.25) is 4.90 Å². The lowest BCUT2D eigenvalue weighted by Crippen LogP contribution is -2.68. The van der Waals surface area contributed by atoms with Crippen molar-refractivity contribution in [3.05, 3.63) is 240 Å². The number of amides is 1. The molecular weight excluding hydrogens is 999 g/mol. The number of rotatable bonds is 23. The van der Waals surface area contributed by atoms with Gasteiger partial charge in [0.1, 0.15) is 42.7 Å². The topological polar surface area (TPSA) is 113 Å². The molecule has 10 atom stereocenters. The molecule has 0 N–H and O–H groups in total. The van der Waals surface area contributed by atoms with E-state index in [1.54, 1.807) is 12.0 Å². The first-order valence-electron chi connectivity index (χ1n) is 27.0. The molecule has 13 heteroatoms. The molecule has 0 aliphatic carbocycles. The average Bonchev–Trinajstić information content (AvgIpc) is 4.02. The van der Waals surface area contributed by atoms with E-state index in [-0.39, 0.29) is 51.2 Å². The maximum atomic E-state index is 14.5. The van der Waals surface area contributed by atoms with E-state index < -0.39 is 75.8 Å². The predicted octanol–water partition coefficient (Wildman–Crippen LogP) is 10.4. The van der Waals surface area contributed by atoms with Crippen LogP contribution in [-0.4, -0.2) is 101 Å². The van der Waals surface area contributed by atoms with Gasteiger partial charge in [0.2, 0.25) is 0 Å². The Morgan fingerprint density at radius 1 is 0.449 bits per heavy atom. The van der Waals surface area contributed by atoms with Crippen LogP contribution in [0.2, 0.25) is 5.04 Å². The lowest BCUT2D eigenvalue weighted by molar-refractivity contribution is -0.335. The Bertz CT molecular complexity index is 2850. The fourth-order valence-corrected chi connectivity index (χ4v) is 15.6. The molecule has 3 fully saturated rings. The van der Waals surface area contributed by atoms with Crippen LogP contribution in [0.25, 0.3) is 0 Å². The van der Waals surface area contributed by atoms with Crippen LogP contribution in [0.3, 0.4) is 0 Å². The van der Waals surface area contributed by atoms with Gasteiger partial charge in [-0.25, -0.2) is 4.79 Å². The minimum absolute atomic E-state index is 0.0605. The van der Waals surface area contributed by atoms with Crippen LogP contribution >= 0.6 is 0 Å². The zero-order chi connectivity index (χ0) is 53.7. The maximum Gasteiger partial charge on any atom is 0.411 e. The van der Waals surface area contributed by atoms with Gasteiger partial charge in [-0.15, -0.1) is 0 Å². The molecule has 10 rings (SSSR count). The second kappa shape index (κ2) is 26.1. The molecule has 78 heavy (non-hydrogen) atoms. The number of ether oxygens (including phenoxy) is 9. The monoisotopic (exact) mass is 1070 g/mol. The number of hydrogen-bond donors (Lipinski definition) is 0. The Balaban J connectivity index is 1.02. The first-order chi connectivity index (χ1) is 38.2. The summed E-state index contributed by atoms with van der Waals surface area (Å²) in [5.41, 5.74) is 4.81. The van der Waals surface area contributed by atoms with Gasteiger partial charge in [0.05, 0.1) is 39.6 Å². The number of hydrogen-bond acceptors (Lipinski definition) is 11. The standard InChI is InChI=1S/C65H71NO11Si/c1-65(2,3)78(52-36-22-10-23-37-52,53-38-24-11-25-39-53)74-46-55-57(69-41-48-28-14-6-15-29-48)59-56(66(64(67)77-59)40-47-26-12-5-13-27-47)62(75-55)73-45-54-58(70-42-49-30-16-7-17-31-49)60(71-43-50-32-18-8-19-33-50)61(63(68-4)76-54)72-44-51-34-20-9-21-35-51/h5-39,54-63H,40-46H2,1-4H3/t54-,55-,56-,57-,58-,59-,60+,61-,62+,63+/m1/s1. The molecule has 0 spiro atoms. The summed E-state index contributed by atoms with van der Waals surface area (Å²) in [6.07, 6.45) is -7.83. The highest BCUT2D eigenvalue weighted by atomic mass is 28.4. The number of carbonyl (C=O) groups excluding carboxylic acids is 1. The van der Waals surface area contributed by atoms with E-state index in [0.29, 0.717) is 0 Å². The highest BCUT2D eigenvalue weighted by molar-refractivity contribution is 6.99. The van der Waals surface area contributed by atoms with E-state index in [9.17, 15) is 4.79 Å². The van der Waals surface area contributed by atoms with Crippen molar-refractivity contribution in [1.82, 2.24) is 4.90 Å². The Morgan fingerprint density at radius 2 is 0.833 bits per heavy atom. The number of nitrogens with zero attached hydrogens (tertiary/aromatic N) is 1. The molecule has 3 aliphatic rings. The summed E-state index contributed by atoms with van der Waals surface area (Å²) < 4.78 is 69.4. The van der Waals surface area contributed by atoms with E-state index in [2.05, 4.69) is 69.3 Å². The molecule has 0 aromatic heterocycles. The van der Waals surface area contributed by atoms with Crippen LogP contribution in [-0.2, 0) is 80.0 Å². The fourth-order valence-electron chi connectivity index (χ4n) is 11.1. The number of methoxy groups -OCH3 is 1. The first-order valence-corrected chi connectivity index (χ1v) is 28.9. The van der Waals surface area contributed by atoms with Gasteiger partial charge in [0.25, 0.3) is 8.32 Å². The minimum Gasteiger partial charge on any atom is -0.441 e. The smallest absolute Gasteiger partial charge is 0.411 e. The number of benzene rings is 7. The van der Waals surface area contributed by atoms with Crippen LogP contribution in [0.15, 0.2) is 212 Å². The molecule has 0 unspecified atom stereocenters. The zero-order valence-electron chi connectivity index (χ0n) is 44.9. The highest BCUT2D eigenvalue weighted by Crippen LogP contribution is 2.41. The molecule has 12 nitrogen and oxygen atoms in total. The van der Waals surface area contributed by atoms with Crippen LogP contribution in [0.1, 0.15) is 48.6 Å². The van der Waals surface area contributed by atoms with E-state index in [0.717, 1.165) is 38.2 Å². The van der Waals surface area contributed by atoms with Crippen molar-refractivity contribution in [3.63, 3.8) is 0 Å².